The summed E-state index contributed by atoms with van der Waals surface area (Å²) in [5.74, 6) is 1.13. The molecule has 0 saturated heterocycles. The molecular weight excluding hydrogens is 507 g/mol. The van der Waals surface area contributed by atoms with Crippen LogP contribution in [0, 0.1) is 0 Å². The van der Waals surface area contributed by atoms with Gasteiger partial charge in [0.2, 0.25) is 0 Å². The molecule has 0 N–H and O–H groups in total. The number of nitrogens with zero attached hydrogens (tertiary/aromatic N) is 1. The van der Waals surface area contributed by atoms with Crippen molar-refractivity contribution in [3.63, 3.8) is 0 Å². The van der Waals surface area contributed by atoms with Gasteiger partial charge in [-0.3, -0.25) is 0 Å². The Bertz CT molecular complexity index is 618. The third kappa shape index (κ3) is 11.1. The number of fused-ring (bicyclic) bond motifs is 1. The normalized spacial score (nSPS) is 12.6. The lowest BCUT2D eigenvalue weighted by Crippen LogP contribution is -2.24. The number of aromatic nitrogens is 1. The standard InChI is InChI=1S/C16H25NO3S7Si/c1-3-19-28(20-11-6-10-18-2)13-7-12-21-24-26-27-25-23-16-17-14-8-4-5-9-15(14)22-16/h4-5,8-9,28H,3,6-7,10-13H2,1-2H3. The van der Waals surface area contributed by atoms with Crippen LogP contribution in [-0.4, -0.2) is 47.0 Å². The summed E-state index contributed by atoms with van der Waals surface area (Å²) >= 11 is 1.76. The highest BCUT2D eigenvalue weighted by Crippen LogP contribution is 2.54. The summed E-state index contributed by atoms with van der Waals surface area (Å²) < 4.78 is 19.1. The fourth-order valence-corrected chi connectivity index (χ4v) is 17.1. The van der Waals surface area contributed by atoms with Gasteiger partial charge in [0.15, 0.2) is 4.34 Å². The van der Waals surface area contributed by atoms with Crippen molar-refractivity contribution in [2.45, 2.75) is 30.1 Å². The Morgan fingerprint density at radius 1 is 1.04 bits per heavy atom. The fraction of sp³-hybridized carbons (Fsp3) is 0.562. The van der Waals surface area contributed by atoms with Crippen LogP contribution in [0.1, 0.15) is 19.8 Å². The quantitative estimate of drug-likeness (QED) is 0.118. The first-order valence-electron chi connectivity index (χ1n) is 8.87. The molecule has 1 heterocycles. The predicted molar refractivity (Wildman–Crippen MR) is 139 cm³/mol. The molecule has 0 spiro atoms. The molecule has 1 aromatic heterocycles. The van der Waals surface area contributed by atoms with Gasteiger partial charge in [-0.15, -0.1) is 11.3 Å². The molecule has 0 amide bonds. The minimum atomic E-state index is -1.50. The molecule has 12 heteroatoms. The van der Waals surface area contributed by atoms with Crippen LogP contribution in [0.25, 0.3) is 10.2 Å². The number of para-hydroxylation sites is 1. The average molecular weight is 532 g/mol. The summed E-state index contributed by atoms with van der Waals surface area (Å²) in [4.78, 5) is 4.63. The molecule has 4 nitrogen and oxygen atoms in total. The van der Waals surface area contributed by atoms with E-state index in [2.05, 4.69) is 23.2 Å². The van der Waals surface area contributed by atoms with E-state index < -0.39 is 9.28 Å². The first-order chi connectivity index (χ1) is 13.8. The van der Waals surface area contributed by atoms with Crippen LogP contribution in [0.2, 0.25) is 6.04 Å². The lowest BCUT2D eigenvalue weighted by Gasteiger charge is -2.15. The SMILES string of the molecule is CCO[SiH](CCCSSSSSSc1nc2ccccc2s1)OCCCOC. The van der Waals surface area contributed by atoms with E-state index >= 15 is 0 Å². The largest absolute Gasteiger partial charge is 0.397 e. The van der Waals surface area contributed by atoms with Gasteiger partial charge in [0.25, 0.3) is 0 Å². The molecule has 158 valence electrons. The highest BCUT2D eigenvalue weighted by molar-refractivity contribution is 9.41. The Kier molecular flexibility index (Phi) is 15.5. The zero-order valence-electron chi connectivity index (χ0n) is 15.9. The summed E-state index contributed by atoms with van der Waals surface area (Å²) in [7, 11) is 11.1. The van der Waals surface area contributed by atoms with Gasteiger partial charge in [0, 0.05) is 32.7 Å². The Morgan fingerprint density at radius 2 is 1.89 bits per heavy atom. The minimum absolute atomic E-state index is 0.749. The topological polar surface area (TPSA) is 40.6 Å². The van der Waals surface area contributed by atoms with E-state index in [0.717, 1.165) is 54.3 Å². The fourth-order valence-electron chi connectivity index (χ4n) is 2.13. The highest BCUT2D eigenvalue weighted by atomic mass is 33.9. The van der Waals surface area contributed by atoms with E-state index in [4.69, 9.17) is 13.6 Å². The van der Waals surface area contributed by atoms with Gasteiger partial charge >= 0.3 is 9.28 Å². The second-order valence-electron chi connectivity index (χ2n) is 5.37. The van der Waals surface area contributed by atoms with Crippen molar-refractivity contribution >= 4 is 91.7 Å². The van der Waals surface area contributed by atoms with Crippen molar-refractivity contribution in [1.82, 2.24) is 4.98 Å². The van der Waals surface area contributed by atoms with Crippen molar-refractivity contribution in [2.24, 2.45) is 0 Å². The number of methoxy groups -OCH3 is 1. The third-order valence-corrected chi connectivity index (χ3v) is 17.6. The Balaban J connectivity index is 1.45. The molecule has 2 rings (SSSR count). The molecule has 0 aliphatic rings. The first-order valence-corrected chi connectivity index (χ1v) is 19.1. The molecule has 1 unspecified atom stereocenters. The van der Waals surface area contributed by atoms with Crippen LogP contribution >= 0.6 is 72.2 Å². The van der Waals surface area contributed by atoms with Gasteiger partial charge in [0.1, 0.15) is 0 Å². The summed E-state index contributed by atoms with van der Waals surface area (Å²) in [6.07, 6.45) is 2.09. The predicted octanol–water partition coefficient (Wildman–Crippen LogP) is 7.33. The molecule has 0 aliphatic heterocycles. The number of rotatable bonds is 17. The second kappa shape index (κ2) is 16.9. The monoisotopic (exact) mass is 531 g/mol. The van der Waals surface area contributed by atoms with Crippen molar-refractivity contribution in [3.8, 4) is 0 Å². The summed E-state index contributed by atoms with van der Waals surface area (Å²) in [5, 5.41) is 0. The minimum Gasteiger partial charge on any atom is -0.397 e. The Labute approximate surface area is 196 Å². The van der Waals surface area contributed by atoms with Crippen molar-refractivity contribution in [2.75, 3.05) is 32.7 Å². The van der Waals surface area contributed by atoms with E-state index in [1.807, 2.05) is 43.4 Å². The smallest absolute Gasteiger partial charge is 0.321 e. The Morgan fingerprint density at radius 3 is 2.71 bits per heavy atom. The lowest BCUT2D eigenvalue weighted by molar-refractivity contribution is 0.152. The van der Waals surface area contributed by atoms with Gasteiger partial charge in [-0.25, -0.2) is 4.98 Å². The molecule has 2 aromatic rings. The molecule has 0 fully saturated rings. The maximum absolute atomic E-state index is 5.91. The van der Waals surface area contributed by atoms with E-state index in [9.17, 15) is 0 Å². The summed E-state index contributed by atoms with van der Waals surface area (Å²) in [6, 6.07) is 9.37. The zero-order chi connectivity index (χ0) is 19.9. The van der Waals surface area contributed by atoms with Gasteiger partial charge in [-0.05, 0) is 88.0 Å². The van der Waals surface area contributed by atoms with E-state index in [-0.39, 0.29) is 0 Å². The molecule has 0 radical (unpaired) electrons. The van der Waals surface area contributed by atoms with Crippen LogP contribution in [0.15, 0.2) is 28.6 Å². The number of ether oxygens (including phenoxy) is 1. The molecule has 1 aromatic carbocycles. The average Bonchev–Trinajstić information content (AvgIpc) is 3.12. The van der Waals surface area contributed by atoms with Crippen LogP contribution < -0.4 is 0 Å². The van der Waals surface area contributed by atoms with Crippen LogP contribution in [0.4, 0.5) is 0 Å². The van der Waals surface area contributed by atoms with Gasteiger partial charge in [-0.2, -0.15) is 0 Å². The van der Waals surface area contributed by atoms with E-state index in [0.29, 0.717) is 0 Å². The van der Waals surface area contributed by atoms with Crippen LogP contribution in [0.5, 0.6) is 0 Å². The lowest BCUT2D eigenvalue weighted by atomic mass is 10.3. The maximum atomic E-state index is 5.91. The number of hydrogen-bond donors (Lipinski definition) is 0. The van der Waals surface area contributed by atoms with Gasteiger partial charge < -0.3 is 13.6 Å². The van der Waals surface area contributed by atoms with Gasteiger partial charge in [-0.1, -0.05) is 22.9 Å². The van der Waals surface area contributed by atoms with Crippen molar-refractivity contribution in [3.05, 3.63) is 24.3 Å². The zero-order valence-corrected chi connectivity index (χ0v) is 22.7. The summed E-state index contributed by atoms with van der Waals surface area (Å²) in [6.45, 7) is 4.30. The number of benzene rings is 1. The highest BCUT2D eigenvalue weighted by Gasteiger charge is 2.12. The Hall–Kier alpha value is 1.31. The van der Waals surface area contributed by atoms with Gasteiger partial charge in [0.05, 0.1) is 10.2 Å². The number of hydrogen-bond acceptors (Lipinski definition) is 11. The van der Waals surface area contributed by atoms with Crippen molar-refractivity contribution < 1.29 is 13.6 Å². The van der Waals surface area contributed by atoms with Crippen LogP contribution in [0.3, 0.4) is 0 Å². The van der Waals surface area contributed by atoms with E-state index in [1.54, 1.807) is 48.9 Å². The van der Waals surface area contributed by atoms with E-state index in [1.165, 1.54) is 4.70 Å². The number of thiazole rings is 1. The van der Waals surface area contributed by atoms with Crippen molar-refractivity contribution in [1.29, 1.82) is 0 Å². The summed E-state index contributed by atoms with van der Waals surface area (Å²) in [5.41, 5.74) is 1.09. The molecule has 0 aliphatic carbocycles. The molecule has 0 bridgehead atoms. The second-order valence-corrected chi connectivity index (χ2v) is 18.2. The maximum Gasteiger partial charge on any atom is 0.321 e. The molecule has 0 saturated carbocycles. The molecule has 1 atom stereocenters. The molecule has 28 heavy (non-hydrogen) atoms. The van der Waals surface area contributed by atoms with Crippen LogP contribution in [-0.2, 0) is 13.6 Å². The third-order valence-electron chi connectivity index (χ3n) is 3.33. The first kappa shape index (κ1) is 25.6. The molecular formula is C16H25NO3S7Si.